The van der Waals surface area contributed by atoms with Gasteiger partial charge >= 0.3 is 0 Å². The summed E-state index contributed by atoms with van der Waals surface area (Å²) < 4.78 is 24.0. The molecular formula is C27H20FN3O5. The van der Waals surface area contributed by atoms with Gasteiger partial charge in [-0.05, 0) is 73.2 Å². The van der Waals surface area contributed by atoms with Crippen molar-refractivity contribution in [2.75, 3.05) is 12.0 Å². The van der Waals surface area contributed by atoms with Crippen molar-refractivity contribution in [1.29, 1.82) is 0 Å². The summed E-state index contributed by atoms with van der Waals surface area (Å²) in [6.45, 7) is 1.70. The van der Waals surface area contributed by atoms with Crippen LogP contribution in [0.1, 0.15) is 23.0 Å². The minimum atomic E-state index is -0.982. The molecule has 0 aliphatic carbocycles. The predicted molar refractivity (Wildman–Crippen MR) is 129 cm³/mol. The van der Waals surface area contributed by atoms with Gasteiger partial charge in [-0.3, -0.25) is 14.5 Å². The normalized spacial score (nSPS) is 17.0. The highest BCUT2D eigenvalue weighted by molar-refractivity contribution is 6.51. The number of hydrogen-bond donors (Lipinski definition) is 1. The van der Waals surface area contributed by atoms with Crippen LogP contribution in [0.4, 0.5) is 10.1 Å². The fourth-order valence-corrected chi connectivity index (χ4v) is 4.14. The number of benzene rings is 3. The van der Waals surface area contributed by atoms with Crippen molar-refractivity contribution in [1.82, 2.24) is 10.1 Å². The maximum absolute atomic E-state index is 13.7. The maximum Gasteiger partial charge on any atom is 0.300 e. The van der Waals surface area contributed by atoms with Crippen LogP contribution in [-0.4, -0.2) is 34.0 Å². The zero-order chi connectivity index (χ0) is 25.4. The number of rotatable bonds is 5. The van der Waals surface area contributed by atoms with E-state index in [-0.39, 0.29) is 11.3 Å². The molecular weight excluding hydrogens is 465 g/mol. The van der Waals surface area contributed by atoms with E-state index in [2.05, 4.69) is 10.1 Å². The van der Waals surface area contributed by atoms with Gasteiger partial charge in [-0.1, -0.05) is 17.3 Å². The van der Waals surface area contributed by atoms with Crippen molar-refractivity contribution in [3.8, 4) is 17.2 Å². The summed E-state index contributed by atoms with van der Waals surface area (Å²) in [5.74, 6) is -1.12. The molecule has 0 bridgehead atoms. The molecule has 1 aromatic heterocycles. The lowest BCUT2D eigenvalue weighted by molar-refractivity contribution is -0.132. The fourth-order valence-electron chi connectivity index (χ4n) is 4.14. The summed E-state index contributed by atoms with van der Waals surface area (Å²) in [5.41, 5.74) is 1.73. The van der Waals surface area contributed by atoms with E-state index in [1.807, 2.05) is 0 Å². The minimum Gasteiger partial charge on any atom is -0.507 e. The molecule has 2 heterocycles. The van der Waals surface area contributed by atoms with Gasteiger partial charge < -0.3 is 14.4 Å². The Balaban J connectivity index is 1.63. The van der Waals surface area contributed by atoms with E-state index >= 15 is 0 Å². The third-order valence-electron chi connectivity index (χ3n) is 5.91. The van der Waals surface area contributed by atoms with Crippen LogP contribution in [0.25, 0.3) is 17.2 Å². The van der Waals surface area contributed by atoms with Crippen molar-refractivity contribution in [2.24, 2.45) is 0 Å². The molecule has 1 unspecified atom stereocenters. The summed E-state index contributed by atoms with van der Waals surface area (Å²) >= 11 is 0. The third-order valence-corrected chi connectivity index (χ3v) is 5.91. The largest absolute Gasteiger partial charge is 0.507 e. The van der Waals surface area contributed by atoms with Crippen molar-refractivity contribution in [3.05, 3.63) is 101 Å². The molecule has 1 N–H and O–H groups in total. The summed E-state index contributed by atoms with van der Waals surface area (Å²) in [7, 11) is 1.51. The summed E-state index contributed by atoms with van der Waals surface area (Å²) in [6, 6.07) is 17.6. The second-order valence-electron chi connectivity index (χ2n) is 8.14. The number of methoxy groups -OCH3 is 1. The van der Waals surface area contributed by atoms with Crippen molar-refractivity contribution >= 4 is 23.1 Å². The van der Waals surface area contributed by atoms with Crippen LogP contribution in [0, 0.1) is 12.7 Å². The lowest BCUT2D eigenvalue weighted by Crippen LogP contribution is -2.29. The van der Waals surface area contributed by atoms with Crippen molar-refractivity contribution < 1.29 is 28.3 Å². The number of aromatic nitrogens is 2. The Morgan fingerprint density at radius 3 is 2.25 bits per heavy atom. The van der Waals surface area contributed by atoms with Crippen LogP contribution < -0.4 is 9.64 Å². The molecule has 8 nitrogen and oxygen atoms in total. The molecule has 0 radical (unpaired) electrons. The molecule has 1 amide bonds. The van der Waals surface area contributed by atoms with Gasteiger partial charge in [-0.25, -0.2) is 4.39 Å². The van der Waals surface area contributed by atoms with E-state index in [1.54, 1.807) is 55.5 Å². The van der Waals surface area contributed by atoms with Gasteiger partial charge in [0.2, 0.25) is 0 Å². The topological polar surface area (TPSA) is 106 Å². The van der Waals surface area contributed by atoms with Crippen molar-refractivity contribution in [2.45, 2.75) is 13.0 Å². The Bertz CT molecular complexity index is 1480. The zero-order valence-corrected chi connectivity index (χ0v) is 19.3. The number of amides is 1. The molecule has 180 valence electrons. The lowest BCUT2D eigenvalue weighted by Gasteiger charge is -2.25. The van der Waals surface area contributed by atoms with Crippen LogP contribution in [0.3, 0.4) is 0 Å². The monoisotopic (exact) mass is 485 g/mol. The summed E-state index contributed by atoms with van der Waals surface area (Å²) in [5, 5.41) is 14.9. The molecule has 0 saturated carbocycles. The van der Waals surface area contributed by atoms with Crippen molar-refractivity contribution in [3.63, 3.8) is 0 Å². The van der Waals surface area contributed by atoms with E-state index in [0.29, 0.717) is 39.8 Å². The molecule has 0 spiro atoms. The first-order valence-corrected chi connectivity index (χ1v) is 11.0. The highest BCUT2D eigenvalue weighted by Crippen LogP contribution is 2.42. The number of halogens is 1. The molecule has 3 aromatic carbocycles. The Labute approximate surface area is 205 Å². The smallest absolute Gasteiger partial charge is 0.300 e. The molecule has 1 saturated heterocycles. The van der Waals surface area contributed by atoms with Crippen LogP contribution in [-0.2, 0) is 9.59 Å². The average molecular weight is 485 g/mol. The van der Waals surface area contributed by atoms with Crippen LogP contribution in [0.15, 0.2) is 82.9 Å². The SMILES string of the molecule is COc1ccc(C(O)=C2C(=O)C(=O)N(c3ccc(-c4nc(C)no4)cc3)C2c2ccc(F)cc2)cc1. The second kappa shape index (κ2) is 9.10. The highest BCUT2D eigenvalue weighted by Gasteiger charge is 2.47. The van der Waals surface area contributed by atoms with Crippen LogP contribution in [0.2, 0.25) is 0 Å². The van der Waals surface area contributed by atoms with E-state index in [0.717, 1.165) is 0 Å². The molecule has 9 heteroatoms. The molecule has 1 aliphatic rings. The number of Topliss-reactive ketones (excluding diaryl/α,β-unsaturated/α-hetero) is 1. The first kappa shape index (κ1) is 23.0. The molecule has 1 aliphatic heterocycles. The van der Waals surface area contributed by atoms with Crippen LogP contribution in [0.5, 0.6) is 5.75 Å². The summed E-state index contributed by atoms with van der Waals surface area (Å²) in [4.78, 5) is 32.0. The van der Waals surface area contributed by atoms with Gasteiger partial charge in [0.25, 0.3) is 17.6 Å². The zero-order valence-electron chi connectivity index (χ0n) is 19.3. The number of ether oxygens (including phenoxy) is 1. The van der Waals surface area contributed by atoms with E-state index in [1.165, 1.54) is 36.3 Å². The number of carbonyl (C=O) groups excluding carboxylic acids is 2. The number of aliphatic hydroxyl groups is 1. The quantitative estimate of drug-likeness (QED) is 0.245. The Kier molecular flexibility index (Phi) is 5.81. The van der Waals surface area contributed by atoms with Gasteiger partial charge in [0, 0.05) is 16.8 Å². The van der Waals surface area contributed by atoms with E-state index in [4.69, 9.17) is 9.26 Å². The number of aliphatic hydroxyl groups excluding tert-OH is 1. The Hall–Kier alpha value is -4.79. The van der Waals surface area contributed by atoms with Gasteiger partial charge in [-0.15, -0.1) is 0 Å². The Morgan fingerprint density at radius 1 is 1.00 bits per heavy atom. The van der Waals surface area contributed by atoms with Gasteiger partial charge in [-0.2, -0.15) is 4.98 Å². The molecule has 36 heavy (non-hydrogen) atoms. The number of anilines is 1. The van der Waals surface area contributed by atoms with Gasteiger partial charge in [0.05, 0.1) is 18.7 Å². The predicted octanol–water partition coefficient (Wildman–Crippen LogP) is 4.82. The number of carbonyl (C=O) groups is 2. The van der Waals surface area contributed by atoms with E-state index < -0.39 is 23.5 Å². The molecule has 4 aromatic rings. The minimum absolute atomic E-state index is 0.103. The Morgan fingerprint density at radius 2 is 1.67 bits per heavy atom. The van der Waals surface area contributed by atoms with E-state index in [9.17, 15) is 19.1 Å². The maximum atomic E-state index is 13.7. The van der Waals surface area contributed by atoms with Gasteiger partial charge in [0.15, 0.2) is 5.82 Å². The fraction of sp³-hybridized carbons (Fsp3) is 0.111. The molecule has 5 rings (SSSR count). The number of nitrogens with zero attached hydrogens (tertiary/aromatic N) is 3. The number of aryl methyl sites for hydroxylation is 1. The first-order valence-electron chi connectivity index (χ1n) is 11.0. The standard InChI is InChI=1S/C27H20FN3O5/c1-15-29-26(36-30-15)18-5-11-20(12-6-18)31-23(16-3-9-19(28)10-4-16)22(25(33)27(31)34)24(32)17-7-13-21(35-2)14-8-17/h3-14,23,32H,1-2H3. The molecule has 1 fully saturated rings. The summed E-state index contributed by atoms with van der Waals surface area (Å²) in [6.07, 6.45) is 0. The first-order chi connectivity index (χ1) is 17.4. The van der Waals surface area contributed by atoms with Crippen LogP contribution >= 0.6 is 0 Å². The number of ketones is 1. The molecule has 1 atom stereocenters. The lowest BCUT2D eigenvalue weighted by atomic mass is 9.95. The third kappa shape index (κ3) is 4.00. The average Bonchev–Trinajstić information content (AvgIpc) is 3.45. The van der Waals surface area contributed by atoms with Gasteiger partial charge in [0.1, 0.15) is 17.3 Å². The number of hydrogen-bond acceptors (Lipinski definition) is 7. The highest BCUT2D eigenvalue weighted by atomic mass is 19.1. The second-order valence-corrected chi connectivity index (χ2v) is 8.14.